The second kappa shape index (κ2) is 7.75. The predicted octanol–water partition coefficient (Wildman–Crippen LogP) is 1.96. The zero-order valence-electron chi connectivity index (χ0n) is 14.9. The summed E-state index contributed by atoms with van der Waals surface area (Å²) in [5, 5.41) is 7.04. The molecule has 0 atom stereocenters. The minimum atomic E-state index is -2.57. The van der Waals surface area contributed by atoms with Crippen LogP contribution in [0, 0.1) is 0 Å². The second-order valence-electron chi connectivity index (χ2n) is 6.35. The number of piperazine rings is 1. The number of benzene rings is 1. The zero-order valence-corrected chi connectivity index (χ0v) is 14.9. The van der Waals surface area contributed by atoms with Crippen molar-refractivity contribution in [3.05, 3.63) is 42.5 Å². The van der Waals surface area contributed by atoms with E-state index in [1.165, 1.54) is 12.5 Å². The van der Waals surface area contributed by atoms with E-state index < -0.39 is 13.0 Å². The van der Waals surface area contributed by atoms with E-state index in [1.807, 2.05) is 18.2 Å². The number of nitrogens with zero attached hydrogens (tertiary/aromatic N) is 5. The minimum Gasteiger partial charge on any atom is -0.471 e. The average Bonchev–Trinajstić information content (AvgIpc) is 3.26. The maximum absolute atomic E-state index is 12.5. The summed E-state index contributed by atoms with van der Waals surface area (Å²) in [4.78, 5) is 24.5. The lowest BCUT2D eigenvalue weighted by Crippen LogP contribution is -2.48. The van der Waals surface area contributed by atoms with E-state index >= 15 is 0 Å². The van der Waals surface area contributed by atoms with E-state index in [1.54, 1.807) is 11.1 Å². The molecule has 1 fully saturated rings. The van der Waals surface area contributed by atoms with Gasteiger partial charge in [-0.05, 0) is 18.2 Å². The highest BCUT2D eigenvalue weighted by Gasteiger charge is 2.23. The number of fused-ring (bicyclic) bond motifs is 1. The molecule has 0 bridgehead atoms. The topological polar surface area (TPSA) is 87.2 Å². The van der Waals surface area contributed by atoms with Gasteiger partial charge in [0.05, 0.1) is 22.7 Å². The number of aromatic amines is 1. The molecule has 0 aliphatic carbocycles. The molecule has 4 rings (SSSR count). The van der Waals surface area contributed by atoms with Gasteiger partial charge in [0, 0.05) is 38.1 Å². The molecule has 10 heteroatoms. The van der Waals surface area contributed by atoms with Gasteiger partial charge in [-0.1, -0.05) is 0 Å². The Bertz CT molecular complexity index is 958. The Labute approximate surface area is 159 Å². The van der Waals surface area contributed by atoms with Gasteiger partial charge in [0.15, 0.2) is 6.61 Å². The molecule has 1 aromatic carbocycles. The van der Waals surface area contributed by atoms with E-state index in [0.29, 0.717) is 42.6 Å². The van der Waals surface area contributed by atoms with E-state index in [2.05, 4.69) is 25.1 Å². The molecule has 0 saturated carbocycles. The standard InChI is InChI=1S/C18H18F2N6O2/c19-16(20)10-28-17-14-7-13(1-2-15(14)21-11-22-17)25-3-5-26(6-4-25)18(27)12-8-23-24-9-12/h1-2,7-9,11,16H,3-6,10H2,(H,23,24). The second-order valence-corrected chi connectivity index (χ2v) is 6.35. The van der Waals surface area contributed by atoms with Crippen molar-refractivity contribution in [3.8, 4) is 5.88 Å². The molecule has 1 N–H and O–H groups in total. The molecule has 8 nitrogen and oxygen atoms in total. The van der Waals surface area contributed by atoms with Crippen LogP contribution in [0.5, 0.6) is 5.88 Å². The number of hydrogen-bond acceptors (Lipinski definition) is 6. The third-order valence-electron chi connectivity index (χ3n) is 4.61. The summed E-state index contributed by atoms with van der Waals surface area (Å²) in [5.74, 6) is 0.0870. The Kier molecular flexibility index (Phi) is 5.00. The van der Waals surface area contributed by atoms with E-state index in [4.69, 9.17) is 4.74 Å². The van der Waals surface area contributed by atoms with Gasteiger partial charge in [-0.25, -0.2) is 18.7 Å². The first-order valence-electron chi connectivity index (χ1n) is 8.80. The van der Waals surface area contributed by atoms with Crippen LogP contribution in [0.25, 0.3) is 10.9 Å². The van der Waals surface area contributed by atoms with Gasteiger partial charge >= 0.3 is 0 Å². The van der Waals surface area contributed by atoms with Crippen molar-refractivity contribution in [1.29, 1.82) is 0 Å². The van der Waals surface area contributed by atoms with Crippen LogP contribution in [0.15, 0.2) is 36.9 Å². The number of amides is 1. The Balaban J connectivity index is 1.49. The maximum Gasteiger partial charge on any atom is 0.272 e. The van der Waals surface area contributed by atoms with Crippen molar-refractivity contribution >= 4 is 22.5 Å². The molecular formula is C18H18F2N6O2. The normalized spacial score (nSPS) is 14.7. The number of anilines is 1. The molecular weight excluding hydrogens is 370 g/mol. The van der Waals surface area contributed by atoms with Crippen LogP contribution < -0.4 is 9.64 Å². The molecule has 146 valence electrons. The highest BCUT2D eigenvalue weighted by molar-refractivity contribution is 5.94. The zero-order chi connectivity index (χ0) is 19.5. The van der Waals surface area contributed by atoms with E-state index in [-0.39, 0.29) is 11.8 Å². The van der Waals surface area contributed by atoms with Crippen LogP contribution >= 0.6 is 0 Å². The molecule has 0 spiro atoms. The van der Waals surface area contributed by atoms with Crippen LogP contribution in [0.4, 0.5) is 14.5 Å². The molecule has 0 unspecified atom stereocenters. The van der Waals surface area contributed by atoms with Gasteiger partial charge in [-0.3, -0.25) is 9.89 Å². The maximum atomic E-state index is 12.5. The smallest absolute Gasteiger partial charge is 0.272 e. The number of H-pyrrole nitrogens is 1. The van der Waals surface area contributed by atoms with E-state index in [0.717, 1.165) is 5.69 Å². The summed E-state index contributed by atoms with van der Waals surface area (Å²) >= 11 is 0. The van der Waals surface area contributed by atoms with Gasteiger partial charge in [-0.15, -0.1) is 0 Å². The number of carbonyl (C=O) groups excluding carboxylic acids is 1. The van der Waals surface area contributed by atoms with Crippen LogP contribution in [0.3, 0.4) is 0 Å². The quantitative estimate of drug-likeness (QED) is 0.719. The van der Waals surface area contributed by atoms with Crippen molar-refractivity contribution in [2.75, 3.05) is 37.7 Å². The number of nitrogens with one attached hydrogen (secondary N) is 1. The summed E-state index contributed by atoms with van der Waals surface area (Å²) in [5.41, 5.74) is 2.06. The third kappa shape index (κ3) is 3.71. The largest absolute Gasteiger partial charge is 0.471 e. The SMILES string of the molecule is O=C(c1cn[nH]c1)N1CCN(c2ccc3ncnc(OCC(F)F)c3c2)CC1. The van der Waals surface area contributed by atoms with Gasteiger partial charge in [0.2, 0.25) is 5.88 Å². The van der Waals surface area contributed by atoms with Gasteiger partial charge in [-0.2, -0.15) is 5.10 Å². The Hall–Kier alpha value is -3.30. The van der Waals surface area contributed by atoms with Crippen molar-refractivity contribution in [2.45, 2.75) is 6.43 Å². The molecule has 1 aliphatic heterocycles. The van der Waals surface area contributed by atoms with Crippen molar-refractivity contribution < 1.29 is 18.3 Å². The van der Waals surface area contributed by atoms with Crippen molar-refractivity contribution in [2.24, 2.45) is 0 Å². The highest BCUT2D eigenvalue weighted by Crippen LogP contribution is 2.27. The molecule has 3 aromatic rings. The van der Waals surface area contributed by atoms with Gasteiger partial charge in [0.1, 0.15) is 6.33 Å². The van der Waals surface area contributed by atoms with Crippen LogP contribution in [-0.2, 0) is 0 Å². The lowest BCUT2D eigenvalue weighted by molar-refractivity contribution is 0.0746. The van der Waals surface area contributed by atoms with Gasteiger partial charge < -0.3 is 14.5 Å². The molecule has 28 heavy (non-hydrogen) atoms. The minimum absolute atomic E-state index is 0.0528. The van der Waals surface area contributed by atoms with Crippen LogP contribution in [0.2, 0.25) is 0 Å². The van der Waals surface area contributed by atoms with Crippen molar-refractivity contribution in [3.63, 3.8) is 0 Å². The number of alkyl halides is 2. The summed E-state index contributed by atoms with van der Waals surface area (Å²) in [6.07, 6.45) is 1.81. The molecule has 0 radical (unpaired) electrons. The van der Waals surface area contributed by atoms with Crippen LogP contribution in [0.1, 0.15) is 10.4 Å². The lowest BCUT2D eigenvalue weighted by Gasteiger charge is -2.36. The lowest BCUT2D eigenvalue weighted by atomic mass is 10.1. The monoisotopic (exact) mass is 388 g/mol. The molecule has 3 heterocycles. The first kappa shape index (κ1) is 18.1. The molecule has 1 saturated heterocycles. The van der Waals surface area contributed by atoms with E-state index in [9.17, 15) is 13.6 Å². The number of aromatic nitrogens is 4. The fraction of sp³-hybridized carbons (Fsp3) is 0.333. The summed E-state index contributed by atoms with van der Waals surface area (Å²) in [7, 11) is 0. The number of rotatable bonds is 5. The average molecular weight is 388 g/mol. The number of hydrogen-bond donors (Lipinski definition) is 1. The Morgan fingerprint density at radius 3 is 2.75 bits per heavy atom. The fourth-order valence-corrected chi connectivity index (χ4v) is 3.19. The number of ether oxygens (including phenoxy) is 1. The summed E-state index contributed by atoms with van der Waals surface area (Å²) in [6, 6.07) is 5.56. The predicted molar refractivity (Wildman–Crippen MR) is 97.7 cm³/mol. The molecule has 2 aromatic heterocycles. The summed E-state index contributed by atoms with van der Waals surface area (Å²) < 4.78 is 30.1. The van der Waals surface area contributed by atoms with Crippen molar-refractivity contribution in [1.82, 2.24) is 25.1 Å². The first-order valence-corrected chi connectivity index (χ1v) is 8.80. The molecule has 1 amide bonds. The fourth-order valence-electron chi connectivity index (χ4n) is 3.19. The Morgan fingerprint density at radius 1 is 1.21 bits per heavy atom. The third-order valence-corrected chi connectivity index (χ3v) is 4.61. The highest BCUT2D eigenvalue weighted by atomic mass is 19.3. The first-order chi connectivity index (χ1) is 13.6. The number of carbonyl (C=O) groups is 1. The summed E-state index contributed by atoms with van der Waals surface area (Å²) in [6.45, 7) is 1.72. The number of halogens is 2. The molecule has 1 aliphatic rings. The van der Waals surface area contributed by atoms with Crippen LogP contribution in [-0.4, -0.2) is 70.2 Å². The van der Waals surface area contributed by atoms with Gasteiger partial charge in [0.25, 0.3) is 12.3 Å². The Morgan fingerprint density at radius 2 is 2.04 bits per heavy atom.